The molecule has 2 aromatic carbocycles. The van der Waals surface area contributed by atoms with Gasteiger partial charge >= 0.3 is 6.09 Å². The number of fused-ring (bicyclic) bond motifs is 2. The zero-order valence-electron chi connectivity index (χ0n) is 20.6. The van der Waals surface area contributed by atoms with Gasteiger partial charge in [-0.2, -0.15) is 10.5 Å². The van der Waals surface area contributed by atoms with E-state index in [1.807, 2.05) is 24.3 Å². The van der Waals surface area contributed by atoms with Gasteiger partial charge in [-0.25, -0.2) is 9.18 Å². The molecule has 7 nitrogen and oxygen atoms in total. The highest BCUT2D eigenvalue weighted by molar-refractivity contribution is 5.87. The molecule has 2 amide bonds. The van der Waals surface area contributed by atoms with Gasteiger partial charge in [-0.1, -0.05) is 30.3 Å². The first-order valence-corrected chi connectivity index (χ1v) is 12.1. The minimum absolute atomic E-state index is 0.0105. The Labute approximate surface area is 210 Å². The van der Waals surface area contributed by atoms with Crippen molar-refractivity contribution in [2.24, 2.45) is 5.92 Å². The maximum Gasteiger partial charge on any atom is 0.411 e. The monoisotopic (exact) mass is 488 g/mol. The van der Waals surface area contributed by atoms with Crippen molar-refractivity contribution in [1.29, 1.82) is 10.5 Å². The number of nitrogens with zero attached hydrogens (tertiary/aromatic N) is 3. The Morgan fingerprint density at radius 2 is 1.83 bits per heavy atom. The molecule has 2 aliphatic rings. The molecule has 0 unspecified atom stereocenters. The number of nitriles is 2. The van der Waals surface area contributed by atoms with Gasteiger partial charge in [0.1, 0.15) is 29.6 Å². The van der Waals surface area contributed by atoms with Crippen LogP contribution < -0.4 is 5.32 Å². The molecule has 2 bridgehead atoms. The number of carbonyl (C=O) groups excluding carboxylic acids is 2. The maximum absolute atomic E-state index is 14.0. The summed E-state index contributed by atoms with van der Waals surface area (Å²) in [5.74, 6) is -0.842. The molecular weight excluding hydrogens is 459 g/mol. The van der Waals surface area contributed by atoms with E-state index < -0.39 is 29.6 Å². The van der Waals surface area contributed by atoms with Crippen molar-refractivity contribution in [3.05, 3.63) is 59.4 Å². The number of carbonyl (C=O) groups is 2. The summed E-state index contributed by atoms with van der Waals surface area (Å²) in [5.41, 5.74) is 1.57. The van der Waals surface area contributed by atoms with Crippen LogP contribution >= 0.6 is 0 Å². The van der Waals surface area contributed by atoms with E-state index in [2.05, 4.69) is 11.4 Å². The van der Waals surface area contributed by atoms with E-state index in [9.17, 15) is 19.2 Å². The number of hydrogen-bond acceptors (Lipinski definition) is 5. The number of halogens is 1. The molecule has 0 spiro atoms. The zero-order chi connectivity index (χ0) is 26.0. The lowest BCUT2D eigenvalue weighted by Gasteiger charge is -2.35. The van der Waals surface area contributed by atoms with Crippen LogP contribution in [0.5, 0.6) is 0 Å². The fraction of sp³-hybridized carbons (Fsp3) is 0.429. The second-order valence-electron chi connectivity index (χ2n) is 10.5. The number of rotatable bonds is 5. The lowest BCUT2D eigenvalue weighted by atomic mass is 9.97. The molecule has 8 heteroatoms. The topological polar surface area (TPSA) is 106 Å². The van der Waals surface area contributed by atoms with Gasteiger partial charge in [0.15, 0.2) is 0 Å². The molecular formula is C28H29FN4O3. The smallest absolute Gasteiger partial charge is 0.411 e. The van der Waals surface area contributed by atoms with E-state index in [0.29, 0.717) is 5.56 Å². The second kappa shape index (κ2) is 9.99. The summed E-state index contributed by atoms with van der Waals surface area (Å²) in [5, 5.41) is 21.4. The van der Waals surface area contributed by atoms with E-state index in [1.165, 1.54) is 12.1 Å². The van der Waals surface area contributed by atoms with Crippen LogP contribution in [0.1, 0.15) is 51.2 Å². The average molecular weight is 489 g/mol. The Hall–Kier alpha value is -3.91. The maximum atomic E-state index is 14.0. The van der Waals surface area contributed by atoms with Gasteiger partial charge in [-0.15, -0.1) is 0 Å². The highest BCUT2D eigenvalue weighted by Crippen LogP contribution is 2.43. The summed E-state index contributed by atoms with van der Waals surface area (Å²) in [4.78, 5) is 27.6. The molecule has 1 N–H and O–H groups in total. The minimum atomic E-state index is -0.768. The number of amides is 2. The first-order chi connectivity index (χ1) is 17.1. The zero-order valence-corrected chi connectivity index (χ0v) is 20.6. The van der Waals surface area contributed by atoms with E-state index >= 15 is 0 Å². The van der Waals surface area contributed by atoms with Crippen LogP contribution in [-0.2, 0) is 16.0 Å². The van der Waals surface area contributed by atoms with Crippen LogP contribution in [0.4, 0.5) is 9.18 Å². The molecule has 1 aliphatic carbocycles. The molecule has 1 aliphatic heterocycles. The Balaban J connectivity index is 1.42. The van der Waals surface area contributed by atoms with Crippen LogP contribution in [0.25, 0.3) is 11.1 Å². The number of hydrogen-bond donors (Lipinski definition) is 1. The van der Waals surface area contributed by atoms with Gasteiger partial charge in [0.25, 0.3) is 0 Å². The molecule has 186 valence electrons. The number of benzene rings is 2. The van der Waals surface area contributed by atoms with Crippen LogP contribution in [0.3, 0.4) is 0 Å². The Morgan fingerprint density at radius 1 is 1.14 bits per heavy atom. The van der Waals surface area contributed by atoms with Crippen molar-refractivity contribution in [1.82, 2.24) is 10.2 Å². The quantitative estimate of drug-likeness (QED) is 0.656. The molecule has 4 atom stereocenters. The lowest BCUT2D eigenvalue weighted by molar-refractivity contribution is -0.128. The van der Waals surface area contributed by atoms with Crippen molar-refractivity contribution in [3.63, 3.8) is 0 Å². The predicted octanol–water partition coefficient (Wildman–Crippen LogP) is 4.70. The molecule has 0 aromatic heterocycles. The van der Waals surface area contributed by atoms with Crippen LogP contribution in [0.15, 0.2) is 42.5 Å². The second-order valence-corrected chi connectivity index (χ2v) is 10.5. The average Bonchev–Trinajstić information content (AvgIpc) is 3.45. The standard InChI is InChI=1S/C28H29FN4O3/c1-28(2,3)36-27(35)33-23-11-10-20(13-23)25(33)26(34)32-22(16-31)12-17-4-6-18(7-5-17)19-8-9-21(15-30)24(29)14-19/h4-9,14,20,22-23,25H,10-13H2,1-3H3,(H,32,34)/t20-,22-,23+,25-/m0/s1. The fourth-order valence-electron chi connectivity index (χ4n) is 5.14. The summed E-state index contributed by atoms with van der Waals surface area (Å²) < 4.78 is 19.5. The Morgan fingerprint density at radius 3 is 2.44 bits per heavy atom. The Bertz CT molecular complexity index is 1240. The van der Waals surface area contributed by atoms with Crippen molar-refractivity contribution in [2.45, 2.75) is 70.2 Å². The minimum Gasteiger partial charge on any atom is -0.444 e. The third-order valence-corrected chi connectivity index (χ3v) is 6.75. The summed E-state index contributed by atoms with van der Waals surface area (Å²) in [7, 11) is 0. The Kier molecular flexibility index (Phi) is 6.99. The SMILES string of the molecule is CC(C)(C)OC(=O)N1[C@@H]2CC[C@@H](C2)[C@H]1C(=O)N[C@H](C#N)Cc1ccc(-c2ccc(C#N)c(F)c2)cc1. The van der Waals surface area contributed by atoms with Crippen LogP contribution in [0, 0.1) is 34.4 Å². The van der Waals surface area contributed by atoms with Gasteiger partial charge in [0, 0.05) is 12.5 Å². The molecule has 2 aromatic rings. The third-order valence-electron chi connectivity index (χ3n) is 6.75. The van der Waals surface area contributed by atoms with Crippen LogP contribution in [0.2, 0.25) is 0 Å². The number of piperidine rings is 1. The van der Waals surface area contributed by atoms with E-state index in [4.69, 9.17) is 10.00 Å². The molecule has 1 saturated heterocycles. The molecule has 36 heavy (non-hydrogen) atoms. The van der Waals surface area contributed by atoms with Gasteiger partial charge in [0.2, 0.25) is 5.91 Å². The van der Waals surface area contributed by atoms with Crippen molar-refractivity contribution in [2.75, 3.05) is 0 Å². The molecule has 4 rings (SSSR count). The molecule has 1 saturated carbocycles. The summed E-state index contributed by atoms with van der Waals surface area (Å²) in [6, 6.07) is 14.3. The van der Waals surface area contributed by atoms with Crippen molar-refractivity contribution in [3.8, 4) is 23.3 Å². The van der Waals surface area contributed by atoms with E-state index in [1.54, 1.807) is 37.8 Å². The number of nitrogens with one attached hydrogen (secondary N) is 1. The molecule has 0 radical (unpaired) electrons. The summed E-state index contributed by atoms with van der Waals surface area (Å²) >= 11 is 0. The van der Waals surface area contributed by atoms with Crippen LogP contribution in [-0.4, -0.2) is 40.6 Å². The third kappa shape index (κ3) is 5.33. The largest absolute Gasteiger partial charge is 0.444 e. The highest BCUT2D eigenvalue weighted by Gasteiger charge is 2.52. The first-order valence-electron chi connectivity index (χ1n) is 12.1. The number of likely N-dealkylation sites (tertiary alicyclic amines) is 1. The molecule has 1 heterocycles. The van der Waals surface area contributed by atoms with E-state index in [0.717, 1.165) is 30.4 Å². The van der Waals surface area contributed by atoms with Gasteiger partial charge < -0.3 is 10.1 Å². The van der Waals surface area contributed by atoms with Gasteiger partial charge in [-0.3, -0.25) is 9.69 Å². The summed E-state index contributed by atoms with van der Waals surface area (Å²) in [6.45, 7) is 5.38. The summed E-state index contributed by atoms with van der Waals surface area (Å²) in [6.07, 6.45) is 2.29. The van der Waals surface area contributed by atoms with Crippen molar-refractivity contribution >= 4 is 12.0 Å². The lowest BCUT2D eigenvalue weighted by Crippen LogP contribution is -2.55. The first kappa shape index (κ1) is 25.2. The van der Waals surface area contributed by atoms with E-state index in [-0.39, 0.29) is 29.9 Å². The fourth-order valence-corrected chi connectivity index (χ4v) is 5.14. The highest BCUT2D eigenvalue weighted by atomic mass is 19.1. The van der Waals surface area contributed by atoms with Gasteiger partial charge in [-0.05, 0) is 74.8 Å². The molecule has 2 fully saturated rings. The number of ether oxygens (including phenoxy) is 1. The van der Waals surface area contributed by atoms with Gasteiger partial charge in [0.05, 0.1) is 11.6 Å². The predicted molar refractivity (Wildman–Crippen MR) is 131 cm³/mol. The normalized spacial score (nSPS) is 21.4. The van der Waals surface area contributed by atoms with Crippen molar-refractivity contribution < 1.29 is 18.7 Å².